The molecule has 540 valence electrons. The molecular weight excluding hydrogens is 1410 g/mol. The minimum atomic E-state index is -1.12. The van der Waals surface area contributed by atoms with Gasteiger partial charge in [0.05, 0.1) is 35.4 Å². The van der Waals surface area contributed by atoms with E-state index in [0.29, 0.717) is 64.6 Å². The Balaban J connectivity index is 0.000000164. The first-order valence-corrected chi connectivity index (χ1v) is 37.4. The normalized spacial score (nSPS) is 15.9. The summed E-state index contributed by atoms with van der Waals surface area (Å²) in [5, 5.41) is 13.6. The predicted octanol–water partition coefficient (Wildman–Crippen LogP) is 20.1. The molecule has 0 amide bonds. The molecule has 13 nitrogen and oxygen atoms in total. The number of anilines is 1. The Hall–Kier alpha value is -7.48. The van der Waals surface area contributed by atoms with Crippen LogP contribution >= 0.6 is 69.3 Å². The summed E-state index contributed by atoms with van der Waals surface area (Å²) < 4.78 is 29.2. The zero-order chi connectivity index (χ0) is 73.4. The van der Waals surface area contributed by atoms with Gasteiger partial charge in [0.1, 0.15) is 43.8 Å². The second-order valence-corrected chi connectivity index (χ2v) is 31.1. The number of fused-ring (bicyclic) bond motifs is 2. The molecule has 0 spiro atoms. The van der Waals surface area contributed by atoms with E-state index in [4.69, 9.17) is 77.0 Å². The summed E-state index contributed by atoms with van der Waals surface area (Å²) in [7, 11) is 4.28. The highest BCUT2D eigenvalue weighted by atomic mass is 35.5. The van der Waals surface area contributed by atoms with Crippen molar-refractivity contribution in [2.24, 2.45) is 10.8 Å². The summed E-state index contributed by atoms with van der Waals surface area (Å²) in [6, 6.07) is 51.7. The van der Waals surface area contributed by atoms with Crippen LogP contribution in [0.4, 0.5) is 5.69 Å². The molecule has 12 rings (SSSR count). The third-order valence-electron chi connectivity index (χ3n) is 16.9. The van der Waals surface area contributed by atoms with E-state index in [-0.39, 0.29) is 23.0 Å². The first kappa shape index (κ1) is 79.6. The highest BCUT2D eigenvalue weighted by molar-refractivity contribution is 7.14. The van der Waals surface area contributed by atoms with Gasteiger partial charge in [-0.1, -0.05) is 191 Å². The van der Waals surface area contributed by atoms with Crippen LogP contribution < -0.4 is 9.64 Å². The molecular formula is C84H94Cl5N9O4S. The molecule has 7 aromatic carbocycles. The second kappa shape index (κ2) is 39.0. The van der Waals surface area contributed by atoms with Crippen LogP contribution in [-0.4, -0.2) is 118 Å². The van der Waals surface area contributed by atoms with Crippen molar-refractivity contribution in [3.8, 4) is 29.4 Å². The van der Waals surface area contributed by atoms with Crippen molar-refractivity contribution in [1.82, 2.24) is 39.0 Å². The summed E-state index contributed by atoms with van der Waals surface area (Å²) >= 11 is 32.6. The van der Waals surface area contributed by atoms with Crippen LogP contribution in [-0.2, 0) is 52.8 Å². The van der Waals surface area contributed by atoms with Crippen LogP contribution in [0.3, 0.4) is 0 Å². The number of hydrogen-bond donors (Lipinski definition) is 0. The maximum absolute atomic E-state index is 6.53. The fourth-order valence-corrected chi connectivity index (χ4v) is 13.6. The molecule has 19 heteroatoms. The number of imidazole rings is 1. The van der Waals surface area contributed by atoms with Gasteiger partial charge in [-0.2, -0.15) is 5.10 Å². The number of nitrogens with zero attached hydrogens (tertiary/aromatic N) is 9. The van der Waals surface area contributed by atoms with Gasteiger partial charge in [0.15, 0.2) is 0 Å². The van der Waals surface area contributed by atoms with Gasteiger partial charge in [-0.05, 0) is 174 Å². The number of halogens is 5. The van der Waals surface area contributed by atoms with Crippen LogP contribution in [0.2, 0.25) is 24.4 Å². The Kier molecular flexibility index (Phi) is 30.2. The quantitative estimate of drug-likeness (QED) is 0.0607. The van der Waals surface area contributed by atoms with Gasteiger partial charge in [-0.3, -0.25) is 14.7 Å². The molecule has 103 heavy (non-hydrogen) atoms. The monoisotopic (exact) mass is 1500 g/mol. The van der Waals surface area contributed by atoms with Crippen molar-refractivity contribution in [1.29, 1.82) is 0 Å². The Morgan fingerprint density at radius 1 is 0.670 bits per heavy atom. The maximum Gasteiger partial charge on any atom is 0.217 e. The molecule has 1 unspecified atom stereocenters. The first-order valence-electron chi connectivity index (χ1n) is 34.7. The summed E-state index contributed by atoms with van der Waals surface area (Å²) in [4.78, 5) is 17.6. The zero-order valence-electron chi connectivity index (χ0n) is 60.6. The van der Waals surface area contributed by atoms with Crippen LogP contribution in [0.1, 0.15) is 89.3 Å². The number of piperazine rings is 1. The molecule has 0 saturated carbocycles. The van der Waals surface area contributed by atoms with E-state index in [1.165, 1.54) is 56.0 Å². The van der Waals surface area contributed by atoms with Gasteiger partial charge in [-0.15, -0.1) is 11.3 Å². The minimum Gasteiger partial charge on any atom is -0.491 e. The standard InChI is InChI=1S/C26H31Cl2N5O3.2C21H25N.C16H13Cl3N2OS/c1-19(2)31-9-11-32(12-10-31)21-4-6-22(7-5-21)34-14-23-15-35-26(36-23,16-33-18-29-17-30-33)24-8-3-20(27)13-25(24)28;2*1-21(2,3)15-8-5-9-16-22(4)17-19-13-10-12-18-11-6-7-14-20(18)19;17-12-1-2-13(14(18)7-12)15(8-21-5-4-20-10-21)22-9-11-3-6-23-16(11)19/h3-8,13,17-19,23H,9-12,14-16H2,1-2H3;2*5-7,9-14H,16-17H2,1-4H3;1-7,10,15H,8-9H2/b;2*9-5+;/t23-,26-;;;/m0.../s1. The van der Waals surface area contributed by atoms with Crippen LogP contribution in [0.25, 0.3) is 21.5 Å². The number of likely N-dealkylation sites (N-methyl/N-ethyl adjacent to an activating group) is 2. The zero-order valence-corrected chi connectivity index (χ0v) is 65.2. The van der Waals surface area contributed by atoms with Crippen molar-refractivity contribution in [2.75, 3.05) is 71.5 Å². The van der Waals surface area contributed by atoms with Gasteiger partial charge in [0.25, 0.3) is 0 Å². The molecule has 5 heterocycles. The topological polar surface area (TPSA) is 98.4 Å². The molecule has 3 atom stereocenters. The van der Waals surface area contributed by atoms with Crippen molar-refractivity contribution < 1.29 is 18.9 Å². The van der Waals surface area contributed by atoms with Crippen LogP contribution in [0.15, 0.2) is 213 Å². The molecule has 3 aromatic heterocycles. The fourth-order valence-electron chi connectivity index (χ4n) is 11.6. The number of allylic oxidation sites excluding steroid dienone is 2. The number of thiophene rings is 1. The number of aromatic nitrogens is 5. The van der Waals surface area contributed by atoms with Gasteiger partial charge in [-0.25, -0.2) is 14.6 Å². The molecule has 2 saturated heterocycles. The lowest BCUT2D eigenvalue weighted by atomic mass is 9.98. The second-order valence-electron chi connectivity index (χ2n) is 27.9. The molecule has 0 radical (unpaired) electrons. The number of rotatable bonds is 22. The summed E-state index contributed by atoms with van der Waals surface area (Å²) in [5.74, 6) is 12.3. The average Bonchev–Trinajstić information content (AvgIpc) is 1.62. The van der Waals surface area contributed by atoms with E-state index in [1.54, 1.807) is 41.7 Å². The van der Waals surface area contributed by atoms with Gasteiger partial charge in [0, 0.05) is 119 Å². The minimum absolute atomic E-state index is 0.0686. The van der Waals surface area contributed by atoms with E-state index in [9.17, 15) is 0 Å². The van der Waals surface area contributed by atoms with Crippen molar-refractivity contribution in [3.63, 3.8) is 0 Å². The van der Waals surface area contributed by atoms with Crippen molar-refractivity contribution in [3.05, 3.63) is 265 Å². The molecule has 0 bridgehead atoms. The molecule has 2 aliphatic heterocycles. The maximum atomic E-state index is 6.53. The number of ether oxygens (including phenoxy) is 4. The van der Waals surface area contributed by atoms with E-state index < -0.39 is 5.79 Å². The third-order valence-corrected chi connectivity index (χ3v) is 19.2. The average molecular weight is 1500 g/mol. The molecule has 2 aliphatic rings. The Labute approximate surface area is 638 Å². The van der Waals surface area contributed by atoms with E-state index in [1.807, 2.05) is 64.7 Å². The van der Waals surface area contributed by atoms with Crippen molar-refractivity contribution in [2.45, 2.75) is 112 Å². The summed E-state index contributed by atoms with van der Waals surface area (Å²) in [6.07, 6.45) is 16.1. The Bertz CT molecular complexity index is 4330. The van der Waals surface area contributed by atoms with Gasteiger partial charge >= 0.3 is 0 Å². The molecule has 10 aromatic rings. The summed E-state index contributed by atoms with van der Waals surface area (Å²) in [6.45, 7) is 27.2. The smallest absolute Gasteiger partial charge is 0.217 e. The lowest BCUT2D eigenvalue weighted by Gasteiger charge is -2.38. The fraction of sp³-hybridized carbons (Fsp3) is 0.345. The Morgan fingerprint density at radius 2 is 1.26 bits per heavy atom. The Morgan fingerprint density at radius 3 is 1.80 bits per heavy atom. The van der Waals surface area contributed by atoms with Crippen LogP contribution in [0.5, 0.6) is 5.75 Å². The van der Waals surface area contributed by atoms with Crippen LogP contribution in [0, 0.1) is 34.5 Å². The van der Waals surface area contributed by atoms with E-state index in [2.05, 4.69) is 237 Å². The number of hydrogen-bond acceptors (Lipinski definition) is 12. The number of benzene rings is 7. The van der Waals surface area contributed by atoms with Crippen molar-refractivity contribution >= 4 is 96.6 Å². The molecule has 0 N–H and O–H groups in total. The van der Waals surface area contributed by atoms with E-state index in [0.717, 1.165) is 73.6 Å². The predicted molar refractivity (Wildman–Crippen MR) is 429 cm³/mol. The lowest BCUT2D eigenvalue weighted by molar-refractivity contribution is -0.190. The largest absolute Gasteiger partial charge is 0.491 e. The lowest BCUT2D eigenvalue weighted by Crippen LogP contribution is -2.48. The summed E-state index contributed by atoms with van der Waals surface area (Å²) in [5.41, 5.74) is 6.64. The van der Waals surface area contributed by atoms with Gasteiger partial charge < -0.3 is 28.4 Å². The SMILES string of the molecule is CC(C)N1CCN(c2ccc(OC[C@H]3CO[C@](Cn4cncn4)(c4ccc(Cl)cc4Cl)O3)cc2)CC1.CN(C/C=C/C#CC(C)(C)C)Cc1cccc2ccccc12.CN(C/C=C/C#CC(C)(C)C)Cc1cccc2ccccc12.Clc1ccc(C(Cn2ccnc2)OCc2ccsc2Cl)c(Cl)c1. The molecule has 0 aliphatic carbocycles. The molecule has 2 fully saturated rings. The van der Waals surface area contributed by atoms with E-state index >= 15 is 0 Å². The highest BCUT2D eigenvalue weighted by Crippen LogP contribution is 2.41. The third kappa shape index (κ3) is 25.4. The van der Waals surface area contributed by atoms with Gasteiger partial charge in [0.2, 0.25) is 5.79 Å². The highest BCUT2D eigenvalue weighted by Gasteiger charge is 2.46. The first-order chi connectivity index (χ1) is 49.5.